The maximum absolute atomic E-state index is 12.2. The zero-order valence-corrected chi connectivity index (χ0v) is 17.3. The molecule has 0 atom stereocenters. The number of carbonyl (C=O) groups is 2. The lowest BCUT2D eigenvalue weighted by molar-refractivity contribution is -0.128. The number of pyridine rings is 1. The molecule has 8 nitrogen and oxygen atoms in total. The summed E-state index contributed by atoms with van der Waals surface area (Å²) in [5.41, 5.74) is 2.62. The number of hydrogen-bond donors (Lipinski definition) is 2. The Balaban J connectivity index is 1.38. The van der Waals surface area contributed by atoms with Crippen LogP contribution in [0.3, 0.4) is 0 Å². The van der Waals surface area contributed by atoms with E-state index in [1.165, 1.54) is 0 Å². The number of amides is 3. The van der Waals surface area contributed by atoms with E-state index in [0.29, 0.717) is 24.5 Å². The largest absolute Gasteiger partial charge is 0.344 e. The highest BCUT2D eigenvalue weighted by Crippen LogP contribution is 2.13. The molecule has 3 rings (SSSR count). The minimum atomic E-state index is -0.416. The number of halogens is 1. The maximum Gasteiger partial charge on any atom is 0.315 e. The molecule has 0 bridgehead atoms. The molecule has 3 aromatic rings. The summed E-state index contributed by atoms with van der Waals surface area (Å²) in [6, 6.07) is 12.5. The van der Waals surface area contributed by atoms with Gasteiger partial charge in [-0.2, -0.15) is 5.10 Å². The van der Waals surface area contributed by atoms with Crippen molar-refractivity contribution >= 4 is 23.5 Å². The van der Waals surface area contributed by atoms with E-state index in [2.05, 4.69) is 20.7 Å². The molecule has 0 saturated carbocycles. The van der Waals surface area contributed by atoms with Crippen molar-refractivity contribution in [2.45, 2.75) is 13.0 Å². The third kappa shape index (κ3) is 6.31. The van der Waals surface area contributed by atoms with Gasteiger partial charge in [0.15, 0.2) is 0 Å². The number of carbonyl (C=O) groups excluding carboxylic acids is 2. The standard InChI is InChI=1S/C21H23ClN6O2/c1-27(11-9-18-4-2-3-10-23-18)20(29)14-25-21(30)24-12-16-13-26-28(15-16)19-7-5-17(22)6-8-19/h2-8,10,13,15H,9,11-12,14H2,1H3,(H2,24,25,30). The predicted molar refractivity (Wildman–Crippen MR) is 114 cm³/mol. The Morgan fingerprint density at radius 1 is 1.13 bits per heavy atom. The average Bonchev–Trinajstić information content (AvgIpc) is 3.24. The number of urea groups is 1. The zero-order chi connectivity index (χ0) is 21.3. The molecule has 0 radical (unpaired) electrons. The first-order valence-electron chi connectivity index (χ1n) is 9.46. The van der Waals surface area contributed by atoms with Crippen molar-refractivity contribution in [2.24, 2.45) is 0 Å². The quantitative estimate of drug-likeness (QED) is 0.578. The Morgan fingerprint density at radius 2 is 1.93 bits per heavy atom. The molecule has 2 N–H and O–H groups in total. The fourth-order valence-corrected chi connectivity index (χ4v) is 2.80. The van der Waals surface area contributed by atoms with Gasteiger partial charge in [-0.1, -0.05) is 17.7 Å². The van der Waals surface area contributed by atoms with Gasteiger partial charge in [0.25, 0.3) is 0 Å². The third-order valence-corrected chi connectivity index (χ3v) is 4.69. The monoisotopic (exact) mass is 426 g/mol. The van der Waals surface area contributed by atoms with Crippen molar-refractivity contribution in [2.75, 3.05) is 20.1 Å². The van der Waals surface area contributed by atoms with Crippen LogP contribution in [0.1, 0.15) is 11.3 Å². The van der Waals surface area contributed by atoms with Crippen LogP contribution in [0, 0.1) is 0 Å². The molecule has 9 heteroatoms. The van der Waals surface area contributed by atoms with Gasteiger partial charge in [-0.05, 0) is 36.4 Å². The van der Waals surface area contributed by atoms with Gasteiger partial charge in [0.2, 0.25) is 5.91 Å². The molecule has 0 saturated heterocycles. The van der Waals surface area contributed by atoms with Gasteiger partial charge < -0.3 is 15.5 Å². The maximum atomic E-state index is 12.2. The molecular formula is C21H23ClN6O2. The number of nitrogens with one attached hydrogen (secondary N) is 2. The molecule has 0 aliphatic carbocycles. The second-order valence-corrected chi connectivity index (χ2v) is 7.13. The second-order valence-electron chi connectivity index (χ2n) is 6.69. The number of nitrogens with zero attached hydrogens (tertiary/aromatic N) is 4. The first-order chi connectivity index (χ1) is 14.5. The fourth-order valence-electron chi connectivity index (χ4n) is 2.68. The highest BCUT2D eigenvalue weighted by molar-refractivity contribution is 6.30. The molecular weight excluding hydrogens is 404 g/mol. The van der Waals surface area contributed by atoms with E-state index in [4.69, 9.17) is 11.6 Å². The Bertz CT molecular complexity index is 975. The van der Waals surface area contributed by atoms with Gasteiger partial charge in [0.1, 0.15) is 0 Å². The average molecular weight is 427 g/mol. The highest BCUT2D eigenvalue weighted by Gasteiger charge is 2.11. The Kier molecular flexibility index (Phi) is 7.40. The second kappa shape index (κ2) is 10.4. The summed E-state index contributed by atoms with van der Waals surface area (Å²) < 4.78 is 1.70. The smallest absolute Gasteiger partial charge is 0.315 e. The van der Waals surface area contributed by atoms with Crippen LogP contribution in [0.2, 0.25) is 5.02 Å². The molecule has 30 heavy (non-hydrogen) atoms. The van der Waals surface area contributed by atoms with E-state index in [0.717, 1.165) is 16.9 Å². The number of benzene rings is 1. The topological polar surface area (TPSA) is 92.2 Å². The Hall–Kier alpha value is -3.39. The lowest BCUT2D eigenvalue weighted by atomic mass is 10.2. The summed E-state index contributed by atoms with van der Waals surface area (Å²) in [4.78, 5) is 30.0. The summed E-state index contributed by atoms with van der Waals surface area (Å²) in [6.07, 6.45) is 5.88. The summed E-state index contributed by atoms with van der Waals surface area (Å²) >= 11 is 5.89. The molecule has 0 spiro atoms. The molecule has 0 fully saturated rings. The van der Waals surface area contributed by atoms with Crippen molar-refractivity contribution in [3.63, 3.8) is 0 Å². The van der Waals surface area contributed by atoms with Crippen molar-refractivity contribution in [3.8, 4) is 5.69 Å². The van der Waals surface area contributed by atoms with Crippen molar-refractivity contribution in [1.29, 1.82) is 0 Å². The summed E-state index contributed by atoms with van der Waals surface area (Å²) in [7, 11) is 1.70. The lowest BCUT2D eigenvalue weighted by Gasteiger charge is -2.17. The summed E-state index contributed by atoms with van der Waals surface area (Å²) in [5.74, 6) is -0.170. The third-order valence-electron chi connectivity index (χ3n) is 4.44. The molecule has 1 aromatic carbocycles. The van der Waals surface area contributed by atoms with Gasteiger partial charge in [-0.15, -0.1) is 0 Å². The van der Waals surface area contributed by atoms with Gasteiger partial charge in [0.05, 0.1) is 18.4 Å². The van der Waals surface area contributed by atoms with Gasteiger partial charge in [-0.3, -0.25) is 9.78 Å². The van der Waals surface area contributed by atoms with Crippen LogP contribution in [0.15, 0.2) is 61.1 Å². The van der Waals surface area contributed by atoms with Gasteiger partial charge >= 0.3 is 6.03 Å². The summed E-state index contributed by atoms with van der Waals surface area (Å²) in [6.45, 7) is 0.751. The molecule has 0 aliphatic rings. The predicted octanol–water partition coefficient (Wildman–Crippen LogP) is 2.42. The zero-order valence-electron chi connectivity index (χ0n) is 16.6. The van der Waals surface area contributed by atoms with Crippen LogP contribution in [0.5, 0.6) is 0 Å². The molecule has 2 aromatic heterocycles. The van der Waals surface area contributed by atoms with Crippen LogP contribution in [-0.2, 0) is 17.8 Å². The highest BCUT2D eigenvalue weighted by atomic mass is 35.5. The number of aromatic nitrogens is 3. The van der Waals surface area contributed by atoms with E-state index < -0.39 is 6.03 Å². The fraction of sp³-hybridized carbons (Fsp3) is 0.238. The normalized spacial score (nSPS) is 10.5. The molecule has 0 unspecified atom stereocenters. The van der Waals surface area contributed by atoms with Crippen LogP contribution < -0.4 is 10.6 Å². The van der Waals surface area contributed by atoms with Crippen LogP contribution in [0.4, 0.5) is 4.79 Å². The molecule has 3 amide bonds. The molecule has 2 heterocycles. The minimum Gasteiger partial charge on any atom is -0.344 e. The number of rotatable bonds is 8. The van der Waals surface area contributed by atoms with Gasteiger partial charge in [-0.25, -0.2) is 9.48 Å². The van der Waals surface area contributed by atoms with Crippen LogP contribution >= 0.6 is 11.6 Å². The van der Waals surface area contributed by atoms with Crippen molar-refractivity contribution in [1.82, 2.24) is 30.3 Å². The molecule has 156 valence electrons. The molecule has 0 aliphatic heterocycles. The number of hydrogen-bond acceptors (Lipinski definition) is 4. The first kappa shape index (κ1) is 21.3. The SMILES string of the molecule is CN(CCc1ccccn1)C(=O)CNC(=O)NCc1cnn(-c2ccc(Cl)cc2)c1. The van der Waals surface area contributed by atoms with E-state index in [-0.39, 0.29) is 12.5 Å². The van der Waals surface area contributed by atoms with Crippen molar-refractivity contribution in [3.05, 3.63) is 77.3 Å². The minimum absolute atomic E-state index is 0.0748. The number of likely N-dealkylation sites (N-methyl/N-ethyl adjacent to an activating group) is 1. The lowest BCUT2D eigenvalue weighted by Crippen LogP contribution is -2.42. The first-order valence-corrected chi connectivity index (χ1v) is 9.84. The van der Waals surface area contributed by atoms with E-state index in [1.807, 2.05) is 36.5 Å². The van der Waals surface area contributed by atoms with E-state index in [1.54, 1.807) is 41.2 Å². The van der Waals surface area contributed by atoms with E-state index in [9.17, 15) is 9.59 Å². The van der Waals surface area contributed by atoms with E-state index >= 15 is 0 Å². The van der Waals surface area contributed by atoms with Crippen LogP contribution in [-0.4, -0.2) is 51.7 Å². The Morgan fingerprint density at radius 3 is 2.67 bits per heavy atom. The van der Waals surface area contributed by atoms with Crippen LogP contribution in [0.25, 0.3) is 5.69 Å². The van der Waals surface area contributed by atoms with Crippen molar-refractivity contribution < 1.29 is 9.59 Å². The summed E-state index contributed by atoms with van der Waals surface area (Å²) in [5, 5.41) is 10.2. The van der Waals surface area contributed by atoms with Gasteiger partial charge in [0, 0.05) is 55.2 Å². The Labute approximate surface area is 179 Å².